The van der Waals surface area contributed by atoms with Gasteiger partial charge < -0.3 is 10.3 Å². The molecule has 3 heteroatoms. The van der Waals surface area contributed by atoms with Crippen molar-refractivity contribution in [2.45, 2.75) is 38.6 Å². The predicted molar refractivity (Wildman–Crippen MR) is 79.6 cm³/mol. The number of pyridine rings is 1. The molecular weight excluding hydrogens is 248 g/mol. The van der Waals surface area contributed by atoms with Gasteiger partial charge in [0.2, 0.25) is 5.56 Å². The topological polar surface area (TPSA) is 44.9 Å². The Kier molecular flexibility index (Phi) is 2.40. The van der Waals surface area contributed by atoms with E-state index in [2.05, 4.69) is 30.2 Å². The number of aromatic nitrogens is 1. The molecule has 3 nitrogen and oxygen atoms in total. The van der Waals surface area contributed by atoms with E-state index in [1.165, 1.54) is 16.7 Å². The van der Waals surface area contributed by atoms with E-state index < -0.39 is 0 Å². The Balaban J connectivity index is 2.05. The highest BCUT2D eigenvalue weighted by Gasteiger charge is 2.48. The summed E-state index contributed by atoms with van der Waals surface area (Å²) in [5.74, 6) is 0.446. The summed E-state index contributed by atoms with van der Waals surface area (Å²) in [5, 5.41) is 3.78. The average Bonchev–Trinajstić information content (AvgIpc) is 2.37. The minimum absolute atomic E-state index is 0.0129. The summed E-state index contributed by atoms with van der Waals surface area (Å²) < 4.78 is 0. The molecule has 0 saturated carbocycles. The first-order valence-electron chi connectivity index (χ1n) is 7.45. The van der Waals surface area contributed by atoms with Crippen LogP contribution in [0, 0.1) is 5.92 Å². The number of allylic oxidation sites excluding steroid dienone is 1. The van der Waals surface area contributed by atoms with Crippen molar-refractivity contribution in [3.63, 3.8) is 0 Å². The van der Waals surface area contributed by atoms with Gasteiger partial charge in [0, 0.05) is 17.7 Å². The zero-order valence-corrected chi connectivity index (χ0v) is 12.0. The van der Waals surface area contributed by atoms with Crippen molar-refractivity contribution < 1.29 is 0 Å². The lowest BCUT2D eigenvalue weighted by Crippen LogP contribution is -2.54. The molecule has 104 valence electrons. The zero-order chi connectivity index (χ0) is 13.9. The van der Waals surface area contributed by atoms with Crippen LogP contribution >= 0.6 is 0 Å². The Labute approximate surface area is 118 Å². The van der Waals surface area contributed by atoms with E-state index in [-0.39, 0.29) is 11.1 Å². The number of H-pyrrole nitrogens is 1. The molecular formula is C17H20N2O. The minimum Gasteiger partial charge on any atom is -0.326 e. The van der Waals surface area contributed by atoms with Gasteiger partial charge in [-0.05, 0) is 56.9 Å². The fourth-order valence-electron chi connectivity index (χ4n) is 4.55. The van der Waals surface area contributed by atoms with Gasteiger partial charge in [0.25, 0.3) is 0 Å². The van der Waals surface area contributed by atoms with Crippen molar-refractivity contribution in [2.75, 3.05) is 6.54 Å². The van der Waals surface area contributed by atoms with Crippen molar-refractivity contribution in [1.82, 2.24) is 10.3 Å². The summed E-state index contributed by atoms with van der Waals surface area (Å²) in [7, 11) is 0. The highest BCUT2D eigenvalue weighted by Crippen LogP contribution is 2.52. The van der Waals surface area contributed by atoms with Crippen LogP contribution in [0.1, 0.15) is 37.9 Å². The van der Waals surface area contributed by atoms with Gasteiger partial charge in [0.1, 0.15) is 0 Å². The first-order valence-corrected chi connectivity index (χ1v) is 7.45. The number of nitrogens with one attached hydrogen (secondary N) is 2. The summed E-state index contributed by atoms with van der Waals surface area (Å²) in [6, 6.07) is 3.71. The monoisotopic (exact) mass is 268 g/mol. The highest BCUT2D eigenvalue weighted by atomic mass is 16.1. The van der Waals surface area contributed by atoms with Crippen LogP contribution in [0.5, 0.6) is 0 Å². The Morgan fingerprint density at radius 2 is 2.15 bits per heavy atom. The summed E-state index contributed by atoms with van der Waals surface area (Å²) in [5.41, 5.74) is 6.91. The van der Waals surface area contributed by atoms with Gasteiger partial charge in [-0.1, -0.05) is 17.2 Å². The molecule has 0 radical (unpaired) electrons. The molecule has 3 aliphatic rings. The molecule has 0 saturated heterocycles. The molecule has 2 unspecified atom stereocenters. The van der Waals surface area contributed by atoms with Crippen LogP contribution in [0.2, 0.25) is 0 Å². The first kappa shape index (κ1) is 12.2. The second-order valence-corrected chi connectivity index (χ2v) is 6.49. The Bertz CT molecular complexity index is 710. The molecule has 2 heterocycles. The molecule has 0 amide bonds. The van der Waals surface area contributed by atoms with Crippen molar-refractivity contribution >= 4 is 0 Å². The van der Waals surface area contributed by atoms with E-state index in [1.54, 1.807) is 11.6 Å². The molecule has 2 aliphatic carbocycles. The Hall–Kier alpha value is -1.61. The van der Waals surface area contributed by atoms with Gasteiger partial charge in [0.15, 0.2) is 0 Å². The molecule has 0 aromatic carbocycles. The second-order valence-electron chi connectivity index (χ2n) is 6.49. The standard InChI is InChI=1S/C17H20N2O/c1-10-7-12-8-14-13(3-4-15(20)19-14)17(9-10)16(12)11(2)5-6-18-17/h3-4,7,12,18H,5-6,8-9H2,1-2H3,(H,19,20). The van der Waals surface area contributed by atoms with Crippen molar-refractivity contribution in [3.05, 3.63) is 56.5 Å². The van der Waals surface area contributed by atoms with Crippen molar-refractivity contribution in [3.8, 4) is 0 Å². The maximum atomic E-state index is 11.6. The third kappa shape index (κ3) is 1.47. The molecule has 1 aromatic rings. The highest BCUT2D eigenvalue weighted by molar-refractivity contribution is 5.52. The SMILES string of the molecule is CC1=CC2Cc3[nH]c(=O)ccc3C3(C1)NCCC(C)=C23. The van der Waals surface area contributed by atoms with E-state index in [4.69, 9.17) is 0 Å². The maximum Gasteiger partial charge on any atom is 0.248 e. The van der Waals surface area contributed by atoms with Crippen LogP contribution in [0.15, 0.2) is 39.7 Å². The molecule has 1 aromatic heterocycles. The van der Waals surface area contributed by atoms with E-state index in [0.29, 0.717) is 5.92 Å². The van der Waals surface area contributed by atoms with Gasteiger partial charge in [0.05, 0.1) is 5.54 Å². The lowest BCUT2D eigenvalue weighted by molar-refractivity contribution is 0.303. The van der Waals surface area contributed by atoms with Gasteiger partial charge in [-0.3, -0.25) is 4.79 Å². The van der Waals surface area contributed by atoms with E-state index in [0.717, 1.165) is 31.5 Å². The van der Waals surface area contributed by atoms with E-state index in [1.807, 2.05) is 6.07 Å². The Morgan fingerprint density at radius 3 is 3.00 bits per heavy atom. The number of aromatic amines is 1. The second kappa shape index (κ2) is 3.95. The fourth-order valence-corrected chi connectivity index (χ4v) is 4.55. The number of hydrogen-bond acceptors (Lipinski definition) is 2. The van der Waals surface area contributed by atoms with Gasteiger partial charge in [-0.2, -0.15) is 0 Å². The van der Waals surface area contributed by atoms with Crippen molar-refractivity contribution in [1.29, 1.82) is 0 Å². The van der Waals surface area contributed by atoms with Crippen LogP contribution in [-0.2, 0) is 12.0 Å². The fraction of sp³-hybridized carbons (Fsp3) is 0.471. The normalized spacial score (nSPS) is 31.5. The summed E-state index contributed by atoms with van der Waals surface area (Å²) in [6.45, 7) is 5.53. The van der Waals surface area contributed by atoms with Gasteiger partial charge in [-0.25, -0.2) is 0 Å². The quantitative estimate of drug-likeness (QED) is 0.710. The Morgan fingerprint density at radius 1 is 1.30 bits per heavy atom. The predicted octanol–water partition coefficient (Wildman–Crippen LogP) is 2.40. The summed E-state index contributed by atoms with van der Waals surface area (Å²) in [6.07, 6.45) is 5.49. The lowest BCUT2D eigenvalue weighted by atomic mass is 9.60. The molecule has 20 heavy (non-hydrogen) atoms. The summed E-state index contributed by atoms with van der Waals surface area (Å²) in [4.78, 5) is 14.7. The van der Waals surface area contributed by atoms with Crippen LogP contribution < -0.4 is 10.9 Å². The van der Waals surface area contributed by atoms with Crippen LogP contribution in [0.4, 0.5) is 0 Å². The molecule has 4 rings (SSSR count). The third-order valence-electron chi connectivity index (χ3n) is 5.13. The summed E-state index contributed by atoms with van der Waals surface area (Å²) >= 11 is 0. The third-order valence-corrected chi connectivity index (χ3v) is 5.13. The van der Waals surface area contributed by atoms with Gasteiger partial charge >= 0.3 is 0 Å². The number of hydrogen-bond donors (Lipinski definition) is 2. The van der Waals surface area contributed by atoms with Crippen LogP contribution in [0.3, 0.4) is 0 Å². The molecule has 2 N–H and O–H groups in total. The molecule has 0 fully saturated rings. The van der Waals surface area contributed by atoms with Crippen molar-refractivity contribution in [2.24, 2.45) is 5.92 Å². The van der Waals surface area contributed by atoms with E-state index >= 15 is 0 Å². The maximum absolute atomic E-state index is 11.6. The first-order chi connectivity index (χ1) is 9.60. The average molecular weight is 268 g/mol. The smallest absolute Gasteiger partial charge is 0.248 e. The van der Waals surface area contributed by atoms with Crippen LogP contribution in [-0.4, -0.2) is 11.5 Å². The molecule has 2 bridgehead atoms. The number of fused-ring (bicyclic) bond motifs is 1. The zero-order valence-electron chi connectivity index (χ0n) is 12.0. The lowest BCUT2D eigenvalue weighted by Gasteiger charge is -2.51. The molecule has 2 atom stereocenters. The largest absolute Gasteiger partial charge is 0.326 e. The van der Waals surface area contributed by atoms with E-state index in [9.17, 15) is 4.79 Å². The number of rotatable bonds is 0. The van der Waals surface area contributed by atoms with Crippen LogP contribution in [0.25, 0.3) is 0 Å². The minimum atomic E-state index is -0.0659. The molecule has 1 aliphatic heterocycles. The van der Waals surface area contributed by atoms with Gasteiger partial charge in [-0.15, -0.1) is 0 Å². The molecule has 0 spiro atoms.